The number of imide groups is 1. The van der Waals surface area contributed by atoms with E-state index in [1.807, 2.05) is 18.2 Å². The van der Waals surface area contributed by atoms with E-state index in [9.17, 15) is 9.59 Å². The SMILES string of the molecule is COc1ccc(N2C(=O)C(Nc3cc(Cl)ccc3OC)=C(c3ccccc3)C2=O)cc1. The lowest BCUT2D eigenvalue weighted by molar-refractivity contribution is -0.120. The average molecular weight is 435 g/mol. The number of halogens is 1. The number of methoxy groups -OCH3 is 2. The van der Waals surface area contributed by atoms with Crippen LogP contribution in [0.4, 0.5) is 11.4 Å². The van der Waals surface area contributed by atoms with Crippen LogP contribution in [0.5, 0.6) is 11.5 Å². The Hall–Kier alpha value is -3.77. The third-order valence-electron chi connectivity index (χ3n) is 4.90. The lowest BCUT2D eigenvalue weighted by Crippen LogP contribution is -2.32. The molecule has 31 heavy (non-hydrogen) atoms. The van der Waals surface area contributed by atoms with Crippen LogP contribution >= 0.6 is 11.6 Å². The van der Waals surface area contributed by atoms with Gasteiger partial charge in [0.2, 0.25) is 0 Å². The molecule has 1 heterocycles. The van der Waals surface area contributed by atoms with Gasteiger partial charge in [-0.15, -0.1) is 0 Å². The van der Waals surface area contributed by atoms with Crippen LogP contribution in [0.1, 0.15) is 5.56 Å². The molecule has 0 saturated heterocycles. The number of carbonyl (C=O) groups excluding carboxylic acids is 2. The fourth-order valence-electron chi connectivity index (χ4n) is 3.40. The largest absolute Gasteiger partial charge is 0.497 e. The van der Waals surface area contributed by atoms with Crippen molar-refractivity contribution in [2.45, 2.75) is 0 Å². The fraction of sp³-hybridized carbons (Fsp3) is 0.0833. The van der Waals surface area contributed by atoms with Crippen LogP contribution in [-0.2, 0) is 9.59 Å². The number of amides is 2. The van der Waals surface area contributed by atoms with Crippen molar-refractivity contribution in [1.82, 2.24) is 0 Å². The molecule has 7 heteroatoms. The van der Waals surface area contributed by atoms with Crippen molar-refractivity contribution in [2.75, 3.05) is 24.4 Å². The number of hydrogen-bond acceptors (Lipinski definition) is 5. The Balaban J connectivity index is 1.82. The number of carbonyl (C=O) groups is 2. The number of ether oxygens (including phenoxy) is 2. The second-order valence-corrected chi connectivity index (χ2v) is 7.17. The normalized spacial score (nSPS) is 13.6. The zero-order valence-electron chi connectivity index (χ0n) is 16.9. The first-order valence-corrected chi connectivity index (χ1v) is 9.84. The highest BCUT2D eigenvalue weighted by atomic mass is 35.5. The standard InChI is InChI=1S/C24H19ClN2O4/c1-30-18-11-9-17(10-12-18)27-23(28)21(15-6-4-3-5-7-15)22(24(27)29)26-19-14-16(25)8-13-20(19)31-2/h3-14,26H,1-2H3. The van der Waals surface area contributed by atoms with Gasteiger partial charge in [0.25, 0.3) is 11.8 Å². The molecule has 0 aromatic heterocycles. The third kappa shape index (κ3) is 3.85. The van der Waals surface area contributed by atoms with Crippen molar-refractivity contribution < 1.29 is 19.1 Å². The van der Waals surface area contributed by atoms with E-state index in [-0.39, 0.29) is 11.3 Å². The maximum absolute atomic E-state index is 13.4. The van der Waals surface area contributed by atoms with E-state index in [1.165, 1.54) is 7.11 Å². The van der Waals surface area contributed by atoms with Gasteiger partial charge in [0.1, 0.15) is 17.2 Å². The van der Waals surface area contributed by atoms with Gasteiger partial charge < -0.3 is 14.8 Å². The molecule has 0 aliphatic carbocycles. The highest BCUT2D eigenvalue weighted by Gasteiger charge is 2.40. The van der Waals surface area contributed by atoms with Gasteiger partial charge in [0.15, 0.2) is 0 Å². The molecule has 1 aliphatic rings. The highest BCUT2D eigenvalue weighted by molar-refractivity contribution is 6.46. The van der Waals surface area contributed by atoms with Gasteiger partial charge >= 0.3 is 0 Å². The van der Waals surface area contributed by atoms with Crippen molar-refractivity contribution in [3.63, 3.8) is 0 Å². The Morgan fingerprint density at radius 1 is 0.839 bits per heavy atom. The predicted molar refractivity (Wildman–Crippen MR) is 120 cm³/mol. The molecule has 6 nitrogen and oxygen atoms in total. The number of nitrogens with one attached hydrogen (secondary N) is 1. The molecule has 156 valence electrons. The molecule has 0 atom stereocenters. The molecule has 0 bridgehead atoms. The van der Waals surface area contributed by atoms with Gasteiger partial charge in [-0.1, -0.05) is 41.9 Å². The zero-order valence-corrected chi connectivity index (χ0v) is 17.6. The first kappa shape index (κ1) is 20.5. The maximum Gasteiger partial charge on any atom is 0.282 e. The maximum atomic E-state index is 13.4. The lowest BCUT2D eigenvalue weighted by Gasteiger charge is -2.16. The molecule has 0 radical (unpaired) electrons. The summed E-state index contributed by atoms with van der Waals surface area (Å²) in [5.41, 5.74) is 1.96. The van der Waals surface area contributed by atoms with Crippen LogP contribution in [-0.4, -0.2) is 26.0 Å². The average Bonchev–Trinajstić information content (AvgIpc) is 3.04. The first-order valence-electron chi connectivity index (χ1n) is 9.46. The zero-order chi connectivity index (χ0) is 22.0. The lowest BCUT2D eigenvalue weighted by atomic mass is 10.0. The number of rotatable bonds is 6. The van der Waals surface area contributed by atoms with Gasteiger partial charge in [0.05, 0.1) is 31.2 Å². The molecule has 3 aromatic carbocycles. The van der Waals surface area contributed by atoms with Crippen LogP contribution < -0.4 is 19.7 Å². The van der Waals surface area contributed by atoms with Crippen LogP contribution in [0.3, 0.4) is 0 Å². The molecule has 0 saturated carbocycles. The Morgan fingerprint density at radius 3 is 2.19 bits per heavy atom. The summed E-state index contributed by atoms with van der Waals surface area (Å²) in [6.07, 6.45) is 0. The third-order valence-corrected chi connectivity index (χ3v) is 5.13. The van der Waals surface area contributed by atoms with Gasteiger partial charge in [-0.3, -0.25) is 9.59 Å². The highest BCUT2D eigenvalue weighted by Crippen LogP contribution is 2.36. The van der Waals surface area contributed by atoms with Crippen LogP contribution in [0, 0.1) is 0 Å². The molecular formula is C24H19ClN2O4. The molecule has 4 rings (SSSR count). The molecular weight excluding hydrogens is 416 g/mol. The molecule has 0 unspecified atom stereocenters. The summed E-state index contributed by atoms with van der Waals surface area (Å²) in [5, 5.41) is 3.55. The Labute approximate surface area is 184 Å². The molecule has 3 aromatic rings. The summed E-state index contributed by atoms with van der Waals surface area (Å²) in [6.45, 7) is 0. The molecule has 1 N–H and O–H groups in total. The van der Waals surface area contributed by atoms with E-state index >= 15 is 0 Å². The molecule has 0 fully saturated rings. The summed E-state index contributed by atoms with van der Waals surface area (Å²) in [5.74, 6) is 0.217. The van der Waals surface area contributed by atoms with E-state index in [0.717, 1.165) is 4.90 Å². The van der Waals surface area contributed by atoms with Gasteiger partial charge in [-0.05, 0) is 48.0 Å². The van der Waals surface area contributed by atoms with Crippen molar-refractivity contribution in [3.8, 4) is 11.5 Å². The van der Waals surface area contributed by atoms with Crippen molar-refractivity contribution in [1.29, 1.82) is 0 Å². The second-order valence-electron chi connectivity index (χ2n) is 6.73. The van der Waals surface area contributed by atoms with Crippen LogP contribution in [0.25, 0.3) is 5.57 Å². The number of benzene rings is 3. The molecule has 0 spiro atoms. The van der Waals surface area contributed by atoms with Crippen LogP contribution in [0.2, 0.25) is 5.02 Å². The number of hydrogen-bond donors (Lipinski definition) is 1. The van der Waals surface area contributed by atoms with E-state index in [4.69, 9.17) is 21.1 Å². The van der Waals surface area contributed by atoms with Crippen molar-refractivity contribution in [3.05, 3.63) is 89.1 Å². The summed E-state index contributed by atoms with van der Waals surface area (Å²) in [4.78, 5) is 28.0. The fourth-order valence-corrected chi connectivity index (χ4v) is 3.57. The van der Waals surface area contributed by atoms with E-state index in [0.29, 0.717) is 33.5 Å². The summed E-state index contributed by atoms with van der Waals surface area (Å²) in [7, 11) is 3.07. The van der Waals surface area contributed by atoms with Gasteiger partial charge in [-0.25, -0.2) is 4.90 Å². The van der Waals surface area contributed by atoms with Crippen molar-refractivity contribution >= 4 is 40.4 Å². The minimum Gasteiger partial charge on any atom is -0.497 e. The summed E-state index contributed by atoms with van der Waals surface area (Å²) < 4.78 is 10.6. The van der Waals surface area contributed by atoms with Gasteiger partial charge in [-0.2, -0.15) is 0 Å². The summed E-state index contributed by atoms with van der Waals surface area (Å²) in [6, 6.07) is 20.8. The predicted octanol–water partition coefficient (Wildman–Crippen LogP) is 4.75. The van der Waals surface area contributed by atoms with E-state index in [1.54, 1.807) is 61.7 Å². The van der Waals surface area contributed by atoms with Gasteiger partial charge in [0, 0.05) is 5.02 Å². The Morgan fingerprint density at radius 2 is 1.55 bits per heavy atom. The smallest absolute Gasteiger partial charge is 0.282 e. The Bertz CT molecular complexity index is 1170. The minimum absolute atomic E-state index is 0.146. The monoisotopic (exact) mass is 434 g/mol. The number of nitrogens with zero attached hydrogens (tertiary/aromatic N) is 1. The second kappa shape index (κ2) is 8.53. The molecule has 2 amide bonds. The minimum atomic E-state index is -0.476. The quantitative estimate of drug-likeness (QED) is 0.567. The summed E-state index contributed by atoms with van der Waals surface area (Å²) >= 11 is 6.15. The topological polar surface area (TPSA) is 67.9 Å². The van der Waals surface area contributed by atoms with Crippen LogP contribution in [0.15, 0.2) is 78.5 Å². The number of anilines is 2. The molecule has 1 aliphatic heterocycles. The van der Waals surface area contributed by atoms with Crippen molar-refractivity contribution in [2.24, 2.45) is 0 Å². The Kier molecular flexibility index (Phi) is 5.64. The van der Waals surface area contributed by atoms with E-state index < -0.39 is 11.8 Å². The first-order chi connectivity index (χ1) is 15.0. The van der Waals surface area contributed by atoms with E-state index in [2.05, 4.69) is 5.32 Å².